The Morgan fingerprint density at radius 1 is 0.808 bits per heavy atom. The first kappa shape index (κ1) is 24.7. The van der Waals surface area contributed by atoms with Crippen LogP contribution in [0.1, 0.15) is 96.8 Å². The molecule has 0 aromatic heterocycles. The van der Waals surface area contributed by atoms with Crippen LogP contribution in [-0.4, -0.2) is 32.4 Å². The molecule has 1 radical (unpaired) electrons. The standard InChI is InChI=1S/C21H39O5/c1-4-5-6-7-8-10-13-16-19(26-21(23)25-3)17-14-11-9-12-15-18-20(22)24-2/h16,19H,4-15,17-18H2,1-3H3. The van der Waals surface area contributed by atoms with Crippen LogP contribution in [0.15, 0.2) is 0 Å². The maximum atomic E-state index is 11.4. The number of unbranched alkanes of at least 4 members (excludes halogenated alkanes) is 10. The molecule has 5 heteroatoms. The van der Waals surface area contributed by atoms with Crippen molar-refractivity contribution in [2.75, 3.05) is 14.2 Å². The van der Waals surface area contributed by atoms with Crippen molar-refractivity contribution in [1.29, 1.82) is 0 Å². The van der Waals surface area contributed by atoms with Gasteiger partial charge in [-0.1, -0.05) is 64.7 Å². The zero-order valence-electron chi connectivity index (χ0n) is 17.1. The van der Waals surface area contributed by atoms with Gasteiger partial charge < -0.3 is 14.2 Å². The van der Waals surface area contributed by atoms with E-state index in [-0.39, 0.29) is 12.1 Å². The summed E-state index contributed by atoms with van der Waals surface area (Å²) in [6.45, 7) is 2.22. The van der Waals surface area contributed by atoms with Gasteiger partial charge in [0.25, 0.3) is 0 Å². The van der Waals surface area contributed by atoms with Crippen molar-refractivity contribution in [3.63, 3.8) is 0 Å². The van der Waals surface area contributed by atoms with E-state index in [0.29, 0.717) is 6.42 Å². The first-order valence-electron chi connectivity index (χ1n) is 10.3. The minimum atomic E-state index is -0.604. The summed E-state index contributed by atoms with van der Waals surface area (Å²) < 4.78 is 14.6. The molecule has 0 spiro atoms. The summed E-state index contributed by atoms with van der Waals surface area (Å²) in [5, 5.41) is 0. The summed E-state index contributed by atoms with van der Waals surface area (Å²) in [5.41, 5.74) is 0. The normalized spacial score (nSPS) is 11.8. The van der Waals surface area contributed by atoms with Crippen LogP contribution in [-0.2, 0) is 19.0 Å². The Hall–Kier alpha value is -1.26. The molecule has 0 rings (SSSR count). The van der Waals surface area contributed by atoms with E-state index in [9.17, 15) is 9.59 Å². The van der Waals surface area contributed by atoms with Gasteiger partial charge >= 0.3 is 12.1 Å². The van der Waals surface area contributed by atoms with E-state index in [1.807, 2.05) is 0 Å². The zero-order valence-corrected chi connectivity index (χ0v) is 17.1. The van der Waals surface area contributed by atoms with Crippen molar-refractivity contribution in [1.82, 2.24) is 0 Å². The lowest BCUT2D eigenvalue weighted by Crippen LogP contribution is -2.19. The lowest BCUT2D eigenvalue weighted by molar-refractivity contribution is -0.140. The van der Waals surface area contributed by atoms with Crippen molar-refractivity contribution >= 4 is 12.1 Å². The van der Waals surface area contributed by atoms with Gasteiger partial charge in [-0.2, -0.15) is 0 Å². The monoisotopic (exact) mass is 371 g/mol. The molecule has 0 saturated carbocycles. The highest BCUT2D eigenvalue weighted by atomic mass is 16.7. The fourth-order valence-electron chi connectivity index (χ4n) is 2.87. The second kappa shape index (κ2) is 18.5. The van der Waals surface area contributed by atoms with Crippen molar-refractivity contribution < 1.29 is 23.8 Å². The molecule has 26 heavy (non-hydrogen) atoms. The van der Waals surface area contributed by atoms with Gasteiger partial charge in [0, 0.05) is 12.8 Å². The van der Waals surface area contributed by atoms with Gasteiger partial charge in [0.1, 0.15) is 6.10 Å². The molecule has 0 aromatic rings. The van der Waals surface area contributed by atoms with E-state index >= 15 is 0 Å². The Bertz CT molecular complexity index is 343. The number of hydrogen-bond acceptors (Lipinski definition) is 5. The van der Waals surface area contributed by atoms with E-state index in [0.717, 1.165) is 51.4 Å². The predicted molar refractivity (Wildman–Crippen MR) is 104 cm³/mol. The summed E-state index contributed by atoms with van der Waals surface area (Å²) >= 11 is 0. The zero-order chi connectivity index (χ0) is 19.5. The first-order chi connectivity index (χ1) is 12.6. The molecule has 0 fully saturated rings. The molecular formula is C21H39O5. The van der Waals surface area contributed by atoms with Gasteiger partial charge in [-0.15, -0.1) is 0 Å². The largest absolute Gasteiger partial charge is 0.508 e. The fraction of sp³-hybridized carbons (Fsp3) is 0.857. The van der Waals surface area contributed by atoms with E-state index in [2.05, 4.69) is 22.8 Å². The van der Waals surface area contributed by atoms with E-state index < -0.39 is 6.16 Å². The van der Waals surface area contributed by atoms with Crippen LogP contribution in [0, 0.1) is 6.42 Å². The topological polar surface area (TPSA) is 61.8 Å². The molecule has 0 heterocycles. The number of carbonyl (C=O) groups is 2. The molecule has 0 aliphatic heterocycles. The Morgan fingerprint density at radius 3 is 2.08 bits per heavy atom. The molecular weight excluding hydrogens is 332 g/mol. The molecule has 0 aliphatic carbocycles. The molecule has 1 unspecified atom stereocenters. The predicted octanol–water partition coefficient (Wildman–Crippen LogP) is 6.00. The molecule has 0 aliphatic rings. The minimum absolute atomic E-state index is 0.138. The van der Waals surface area contributed by atoms with E-state index in [1.54, 1.807) is 0 Å². The number of hydrogen-bond donors (Lipinski definition) is 0. The maximum Gasteiger partial charge on any atom is 0.508 e. The smallest absolute Gasteiger partial charge is 0.469 e. The van der Waals surface area contributed by atoms with Gasteiger partial charge in [0.2, 0.25) is 0 Å². The van der Waals surface area contributed by atoms with Gasteiger partial charge in [-0.3, -0.25) is 4.79 Å². The van der Waals surface area contributed by atoms with Crippen LogP contribution in [0.5, 0.6) is 0 Å². The van der Waals surface area contributed by atoms with Crippen LogP contribution < -0.4 is 0 Å². The average molecular weight is 372 g/mol. The summed E-state index contributed by atoms with van der Waals surface area (Å²) in [6, 6.07) is 0. The maximum absolute atomic E-state index is 11.4. The van der Waals surface area contributed by atoms with Crippen molar-refractivity contribution in [3.8, 4) is 0 Å². The van der Waals surface area contributed by atoms with Gasteiger partial charge in [0.05, 0.1) is 14.2 Å². The Morgan fingerprint density at radius 2 is 1.42 bits per heavy atom. The molecule has 0 saturated heterocycles. The lowest BCUT2D eigenvalue weighted by atomic mass is 10.0. The summed E-state index contributed by atoms with van der Waals surface area (Å²) in [6.07, 6.45) is 16.3. The van der Waals surface area contributed by atoms with Crippen molar-refractivity contribution in [3.05, 3.63) is 6.42 Å². The molecule has 1 atom stereocenters. The average Bonchev–Trinajstić information content (AvgIpc) is 2.65. The molecule has 0 bridgehead atoms. The number of ether oxygens (including phenoxy) is 3. The van der Waals surface area contributed by atoms with Crippen molar-refractivity contribution in [2.24, 2.45) is 0 Å². The van der Waals surface area contributed by atoms with Crippen LogP contribution in [0.25, 0.3) is 0 Å². The number of methoxy groups -OCH3 is 2. The van der Waals surface area contributed by atoms with Crippen molar-refractivity contribution in [2.45, 2.75) is 103 Å². The third-order valence-electron chi connectivity index (χ3n) is 4.50. The highest BCUT2D eigenvalue weighted by Crippen LogP contribution is 2.16. The van der Waals surface area contributed by atoms with Crippen LogP contribution in [0.2, 0.25) is 0 Å². The third kappa shape index (κ3) is 16.2. The number of carbonyl (C=O) groups excluding carboxylic acids is 2. The molecule has 0 N–H and O–H groups in total. The van der Waals surface area contributed by atoms with Crippen LogP contribution in [0.4, 0.5) is 4.79 Å². The van der Waals surface area contributed by atoms with E-state index in [4.69, 9.17) is 4.74 Å². The van der Waals surface area contributed by atoms with Crippen LogP contribution >= 0.6 is 0 Å². The molecule has 0 aromatic carbocycles. The highest BCUT2D eigenvalue weighted by molar-refractivity contribution is 5.68. The van der Waals surface area contributed by atoms with Gasteiger partial charge in [0.15, 0.2) is 0 Å². The molecule has 5 nitrogen and oxygen atoms in total. The Labute approximate surface area is 160 Å². The first-order valence-corrected chi connectivity index (χ1v) is 10.3. The Balaban J connectivity index is 3.79. The lowest BCUT2D eigenvalue weighted by Gasteiger charge is -2.16. The second-order valence-electron chi connectivity index (χ2n) is 6.79. The SMILES string of the molecule is CCCCCCCC[CH]C(CCCCCCCC(=O)OC)OC(=O)OC. The minimum Gasteiger partial charge on any atom is -0.469 e. The fourth-order valence-corrected chi connectivity index (χ4v) is 2.87. The molecule has 0 amide bonds. The Kier molecular flexibility index (Phi) is 17.6. The summed E-state index contributed by atoms with van der Waals surface area (Å²) in [7, 11) is 2.76. The second-order valence-corrected chi connectivity index (χ2v) is 6.79. The van der Waals surface area contributed by atoms with E-state index in [1.165, 1.54) is 46.3 Å². The summed E-state index contributed by atoms with van der Waals surface area (Å²) in [4.78, 5) is 22.4. The molecule has 153 valence electrons. The third-order valence-corrected chi connectivity index (χ3v) is 4.50. The summed E-state index contributed by atoms with van der Waals surface area (Å²) in [5.74, 6) is -0.138. The highest BCUT2D eigenvalue weighted by Gasteiger charge is 2.14. The van der Waals surface area contributed by atoms with Gasteiger partial charge in [-0.05, 0) is 25.7 Å². The quantitative estimate of drug-likeness (QED) is 0.232. The number of rotatable bonds is 17. The number of esters is 1. The van der Waals surface area contributed by atoms with Gasteiger partial charge in [-0.25, -0.2) is 4.79 Å². The van der Waals surface area contributed by atoms with Crippen LogP contribution in [0.3, 0.4) is 0 Å².